The summed E-state index contributed by atoms with van der Waals surface area (Å²) in [4.78, 5) is 39.6. The minimum atomic E-state index is -1.26. The van der Waals surface area contributed by atoms with Crippen molar-refractivity contribution in [2.75, 3.05) is 26.7 Å². The molecular weight excluding hydrogens is 422 g/mol. The molecule has 0 unspecified atom stereocenters. The lowest BCUT2D eigenvalue weighted by atomic mass is 9.72. The SMILES string of the molecule is CCN(CC)C(=O)C[C@@H]1C[C@@H]2c3cccc4[nH]cc(c34)C[C@H]2N(C)C1.O=C(O)/C=C\C(=O)O. The number of carbonyl (C=O) groups excluding carboxylic acids is 1. The van der Waals surface area contributed by atoms with Crippen LogP contribution in [0.25, 0.3) is 10.9 Å². The van der Waals surface area contributed by atoms with Crippen LogP contribution in [0.2, 0.25) is 0 Å². The molecular formula is C25H33N3O5. The monoisotopic (exact) mass is 455 g/mol. The normalized spacial score (nSPS) is 21.8. The number of nitrogens with one attached hydrogen (secondary N) is 1. The third-order valence-corrected chi connectivity index (χ3v) is 6.76. The van der Waals surface area contributed by atoms with Gasteiger partial charge in [-0.05, 0) is 56.8 Å². The molecule has 1 amide bonds. The summed E-state index contributed by atoms with van der Waals surface area (Å²) in [6, 6.07) is 7.22. The van der Waals surface area contributed by atoms with Crippen molar-refractivity contribution in [1.29, 1.82) is 0 Å². The van der Waals surface area contributed by atoms with Gasteiger partial charge in [-0.3, -0.25) is 4.79 Å². The Morgan fingerprint density at radius 1 is 1.15 bits per heavy atom. The molecule has 0 bridgehead atoms. The van der Waals surface area contributed by atoms with E-state index < -0.39 is 11.9 Å². The van der Waals surface area contributed by atoms with Crippen molar-refractivity contribution in [1.82, 2.24) is 14.8 Å². The van der Waals surface area contributed by atoms with Crippen molar-refractivity contribution in [2.45, 2.75) is 45.1 Å². The summed E-state index contributed by atoms with van der Waals surface area (Å²) < 4.78 is 0. The van der Waals surface area contributed by atoms with Crippen molar-refractivity contribution in [3.8, 4) is 0 Å². The van der Waals surface area contributed by atoms with Crippen LogP contribution in [-0.4, -0.2) is 75.6 Å². The van der Waals surface area contributed by atoms with E-state index in [9.17, 15) is 14.4 Å². The van der Waals surface area contributed by atoms with Crippen LogP contribution in [0.5, 0.6) is 0 Å². The Bertz CT molecular complexity index is 1020. The Balaban J connectivity index is 0.000000331. The zero-order chi connectivity index (χ0) is 24.1. The number of piperidine rings is 1. The summed E-state index contributed by atoms with van der Waals surface area (Å²) >= 11 is 0. The molecule has 8 heteroatoms. The third-order valence-electron chi connectivity index (χ3n) is 6.76. The number of H-pyrrole nitrogens is 1. The van der Waals surface area contributed by atoms with Crippen LogP contribution in [0, 0.1) is 5.92 Å². The van der Waals surface area contributed by atoms with Crippen LogP contribution in [0.4, 0.5) is 0 Å². The first-order valence-corrected chi connectivity index (χ1v) is 11.5. The molecule has 33 heavy (non-hydrogen) atoms. The zero-order valence-corrected chi connectivity index (χ0v) is 19.5. The Labute approximate surface area is 193 Å². The fourth-order valence-corrected chi connectivity index (χ4v) is 5.30. The second-order valence-corrected chi connectivity index (χ2v) is 8.78. The Kier molecular flexibility index (Phi) is 7.92. The van der Waals surface area contributed by atoms with Crippen molar-refractivity contribution in [3.63, 3.8) is 0 Å². The van der Waals surface area contributed by atoms with E-state index in [1.54, 1.807) is 0 Å². The van der Waals surface area contributed by atoms with E-state index in [2.05, 4.69) is 55.2 Å². The van der Waals surface area contributed by atoms with Gasteiger partial charge in [-0.15, -0.1) is 0 Å². The van der Waals surface area contributed by atoms with Gasteiger partial charge in [0.1, 0.15) is 0 Å². The second-order valence-electron chi connectivity index (χ2n) is 8.78. The number of carboxylic acid groups (broad SMARTS) is 2. The van der Waals surface area contributed by atoms with Crippen LogP contribution in [0.1, 0.15) is 43.7 Å². The fraction of sp³-hybridized carbons (Fsp3) is 0.480. The van der Waals surface area contributed by atoms with E-state index in [-0.39, 0.29) is 0 Å². The lowest BCUT2D eigenvalue weighted by molar-refractivity contribution is -0.134. The molecule has 2 aliphatic rings. The van der Waals surface area contributed by atoms with E-state index in [1.165, 1.54) is 22.0 Å². The number of carboxylic acids is 2. The van der Waals surface area contributed by atoms with Crippen LogP contribution in [0.15, 0.2) is 36.5 Å². The number of benzene rings is 1. The topological polar surface area (TPSA) is 114 Å². The van der Waals surface area contributed by atoms with Gasteiger partial charge in [0.15, 0.2) is 0 Å². The third kappa shape index (κ3) is 5.63. The van der Waals surface area contributed by atoms with E-state index in [4.69, 9.17) is 10.2 Å². The summed E-state index contributed by atoms with van der Waals surface area (Å²) in [6.07, 6.45) is 6.24. The smallest absolute Gasteiger partial charge is 0.328 e. The Morgan fingerprint density at radius 2 is 1.82 bits per heavy atom. The van der Waals surface area contributed by atoms with Gasteiger partial charge in [0.2, 0.25) is 5.91 Å². The number of rotatable bonds is 6. The molecule has 1 aliphatic heterocycles. The Morgan fingerprint density at radius 3 is 2.42 bits per heavy atom. The lowest BCUT2D eigenvalue weighted by Crippen LogP contribution is -2.48. The number of fused-ring (bicyclic) bond motifs is 2. The molecule has 0 saturated carbocycles. The number of aromatic amines is 1. The number of likely N-dealkylation sites (N-methyl/N-ethyl adjacent to an activating group) is 1. The van der Waals surface area contributed by atoms with Crippen molar-refractivity contribution >= 4 is 28.7 Å². The summed E-state index contributed by atoms with van der Waals surface area (Å²) in [7, 11) is 2.24. The van der Waals surface area contributed by atoms with Crippen molar-refractivity contribution in [2.24, 2.45) is 5.92 Å². The highest BCUT2D eigenvalue weighted by Gasteiger charge is 2.39. The minimum Gasteiger partial charge on any atom is -0.478 e. The largest absolute Gasteiger partial charge is 0.478 e. The lowest BCUT2D eigenvalue weighted by Gasteiger charge is -2.45. The number of amides is 1. The molecule has 3 atom stereocenters. The average Bonchev–Trinajstić information content (AvgIpc) is 3.19. The maximum absolute atomic E-state index is 12.6. The quantitative estimate of drug-likeness (QED) is 0.577. The van der Waals surface area contributed by atoms with Gasteiger partial charge >= 0.3 is 11.9 Å². The average molecular weight is 456 g/mol. The van der Waals surface area contributed by atoms with Gasteiger partial charge in [-0.1, -0.05) is 12.1 Å². The van der Waals surface area contributed by atoms with Crippen molar-refractivity contribution < 1.29 is 24.6 Å². The van der Waals surface area contributed by atoms with E-state index >= 15 is 0 Å². The predicted molar refractivity (Wildman–Crippen MR) is 126 cm³/mol. The van der Waals surface area contributed by atoms with Gasteiger partial charge in [0.25, 0.3) is 0 Å². The molecule has 1 saturated heterocycles. The molecule has 4 rings (SSSR count). The van der Waals surface area contributed by atoms with Crippen LogP contribution in [0.3, 0.4) is 0 Å². The highest BCUT2D eigenvalue weighted by Crippen LogP contribution is 2.44. The second kappa shape index (κ2) is 10.7. The summed E-state index contributed by atoms with van der Waals surface area (Å²) in [5.41, 5.74) is 4.20. The molecule has 178 valence electrons. The first kappa shape index (κ1) is 24.5. The maximum Gasteiger partial charge on any atom is 0.328 e. The van der Waals surface area contributed by atoms with Crippen molar-refractivity contribution in [3.05, 3.63) is 47.7 Å². The molecule has 3 N–H and O–H groups in total. The Hall–Kier alpha value is -3.13. The minimum absolute atomic E-state index is 0.318. The van der Waals surface area contributed by atoms with Gasteiger partial charge < -0.3 is 25.0 Å². The molecule has 8 nitrogen and oxygen atoms in total. The fourth-order valence-electron chi connectivity index (χ4n) is 5.30. The number of nitrogens with zero attached hydrogens (tertiary/aromatic N) is 2. The first-order chi connectivity index (χ1) is 15.7. The van der Waals surface area contributed by atoms with Gasteiger partial charge in [0.05, 0.1) is 0 Å². The molecule has 1 fully saturated rings. The molecule has 1 aliphatic carbocycles. The molecule has 1 aromatic carbocycles. The molecule has 2 aromatic rings. The zero-order valence-electron chi connectivity index (χ0n) is 19.5. The molecule has 0 radical (unpaired) electrons. The summed E-state index contributed by atoms with van der Waals surface area (Å²) in [5, 5.41) is 17.1. The number of hydrogen-bond donors (Lipinski definition) is 3. The predicted octanol–water partition coefficient (Wildman–Crippen LogP) is 3.10. The van der Waals surface area contributed by atoms with Crippen LogP contribution in [-0.2, 0) is 20.8 Å². The number of aromatic nitrogens is 1. The first-order valence-electron chi connectivity index (χ1n) is 11.5. The van der Waals surface area contributed by atoms with E-state index in [1.807, 2.05) is 4.90 Å². The number of likely N-dealkylation sites (tertiary alicyclic amines) is 1. The van der Waals surface area contributed by atoms with Crippen LogP contribution < -0.4 is 0 Å². The summed E-state index contributed by atoms with van der Waals surface area (Å²) in [5.74, 6) is -1.20. The standard InChI is InChI=1S/C21H29N3O.C4H4O4/c1-4-24(5-2)20(25)10-14-9-17-16-7-6-8-18-21(16)15(12-22-18)11-19(17)23(3)13-14;5-3(6)1-2-4(7)8/h6-8,12,14,17,19,22H,4-5,9-11,13H2,1-3H3;1-2H,(H,5,6)(H,7,8)/b;2-1-/t14-,17+,19+;/m0./s1. The van der Waals surface area contributed by atoms with Gasteiger partial charge in [-0.25, -0.2) is 9.59 Å². The van der Waals surface area contributed by atoms with Gasteiger partial charge in [-0.2, -0.15) is 0 Å². The molecule has 2 heterocycles. The van der Waals surface area contributed by atoms with E-state index in [0.29, 0.717) is 42.4 Å². The number of aliphatic carboxylic acids is 2. The van der Waals surface area contributed by atoms with E-state index in [0.717, 1.165) is 32.5 Å². The summed E-state index contributed by atoms with van der Waals surface area (Å²) in [6.45, 7) is 6.80. The number of carbonyl (C=O) groups is 3. The number of hydrogen-bond acceptors (Lipinski definition) is 4. The molecule has 0 spiro atoms. The highest BCUT2D eigenvalue weighted by molar-refractivity contribution is 5.90. The highest BCUT2D eigenvalue weighted by atomic mass is 16.4. The van der Waals surface area contributed by atoms with Gasteiger partial charge in [0, 0.05) is 67.3 Å². The van der Waals surface area contributed by atoms with Crippen LogP contribution >= 0.6 is 0 Å². The maximum atomic E-state index is 12.6. The molecule has 1 aromatic heterocycles.